The van der Waals surface area contributed by atoms with Gasteiger partial charge < -0.3 is 10.6 Å². The Labute approximate surface area is 124 Å². The van der Waals surface area contributed by atoms with Crippen molar-refractivity contribution in [3.63, 3.8) is 0 Å². The van der Waals surface area contributed by atoms with Crippen molar-refractivity contribution >= 4 is 33.0 Å². The van der Waals surface area contributed by atoms with E-state index in [2.05, 4.69) is 0 Å². The maximum atomic E-state index is 12.5. The highest BCUT2D eigenvalue weighted by atomic mass is 35.5. The molecule has 0 aliphatic carbocycles. The molecule has 2 N–H and O–H groups in total. The summed E-state index contributed by atoms with van der Waals surface area (Å²) >= 11 is 5.92. The van der Waals surface area contributed by atoms with Gasteiger partial charge >= 0.3 is 0 Å². The molecule has 0 aliphatic heterocycles. The van der Waals surface area contributed by atoms with Crippen LogP contribution in [0.3, 0.4) is 0 Å². The zero-order valence-corrected chi connectivity index (χ0v) is 13.3. The van der Waals surface area contributed by atoms with Crippen LogP contribution in [-0.2, 0) is 14.6 Å². The third-order valence-corrected chi connectivity index (χ3v) is 5.68. The summed E-state index contributed by atoms with van der Waals surface area (Å²) in [5.41, 5.74) is 5.88. The minimum atomic E-state index is -3.86. The molecule has 5 nitrogen and oxygen atoms in total. The van der Waals surface area contributed by atoms with Crippen LogP contribution in [0.1, 0.15) is 20.8 Å². The van der Waals surface area contributed by atoms with Gasteiger partial charge in [0.1, 0.15) is 5.25 Å². The fourth-order valence-electron chi connectivity index (χ4n) is 1.85. The van der Waals surface area contributed by atoms with E-state index in [1.165, 1.54) is 30.0 Å². The van der Waals surface area contributed by atoms with Crippen molar-refractivity contribution in [2.24, 2.45) is 0 Å². The normalized spacial score (nSPS) is 13.0. The number of benzene rings is 1. The molecule has 7 heteroatoms. The van der Waals surface area contributed by atoms with Gasteiger partial charge in [-0.2, -0.15) is 0 Å². The van der Waals surface area contributed by atoms with Gasteiger partial charge in [0.2, 0.25) is 5.91 Å². The molecule has 0 spiro atoms. The Morgan fingerprint density at radius 3 is 2.40 bits per heavy atom. The van der Waals surface area contributed by atoms with Crippen LogP contribution in [0.15, 0.2) is 23.1 Å². The molecule has 20 heavy (non-hydrogen) atoms. The number of hydrogen-bond donors (Lipinski definition) is 1. The molecule has 0 saturated carbocycles. The van der Waals surface area contributed by atoms with E-state index < -0.39 is 21.0 Å². The number of nitrogens with zero attached hydrogens (tertiary/aromatic N) is 1. The molecule has 1 amide bonds. The first kappa shape index (κ1) is 16.8. The van der Waals surface area contributed by atoms with E-state index in [0.717, 1.165) is 0 Å². The Bertz CT molecular complexity index is 598. The second-order valence-electron chi connectivity index (χ2n) is 4.39. The number of hydrogen-bond acceptors (Lipinski definition) is 4. The zero-order chi connectivity index (χ0) is 15.5. The molecule has 1 atom stereocenters. The van der Waals surface area contributed by atoms with E-state index in [1.54, 1.807) is 13.8 Å². The molecular weight excluding hydrogens is 300 g/mol. The number of halogens is 1. The summed E-state index contributed by atoms with van der Waals surface area (Å²) in [4.78, 5) is 13.6. The molecule has 0 heterocycles. The largest absolute Gasteiger partial charge is 0.399 e. The number of anilines is 1. The second-order valence-corrected chi connectivity index (χ2v) is 7.03. The molecule has 0 saturated heterocycles. The van der Waals surface area contributed by atoms with Gasteiger partial charge in [-0.3, -0.25) is 4.79 Å². The quantitative estimate of drug-likeness (QED) is 0.841. The van der Waals surface area contributed by atoms with Crippen molar-refractivity contribution in [3.8, 4) is 0 Å². The van der Waals surface area contributed by atoms with Crippen LogP contribution in [0.4, 0.5) is 5.69 Å². The highest BCUT2D eigenvalue weighted by Gasteiger charge is 2.33. The first-order valence-electron chi connectivity index (χ1n) is 6.33. The maximum absolute atomic E-state index is 12.5. The van der Waals surface area contributed by atoms with Crippen molar-refractivity contribution in [2.75, 3.05) is 18.8 Å². The monoisotopic (exact) mass is 318 g/mol. The molecule has 0 radical (unpaired) electrons. The van der Waals surface area contributed by atoms with E-state index in [9.17, 15) is 13.2 Å². The summed E-state index contributed by atoms with van der Waals surface area (Å²) in [5, 5.41) is -1.12. The lowest BCUT2D eigenvalue weighted by molar-refractivity contribution is -0.130. The lowest BCUT2D eigenvalue weighted by Gasteiger charge is -2.23. The van der Waals surface area contributed by atoms with Gasteiger partial charge in [-0.1, -0.05) is 11.6 Å². The fourth-order valence-corrected chi connectivity index (χ4v) is 3.73. The highest BCUT2D eigenvalue weighted by molar-refractivity contribution is 7.92. The van der Waals surface area contributed by atoms with Crippen molar-refractivity contribution in [3.05, 3.63) is 23.2 Å². The van der Waals surface area contributed by atoms with Gasteiger partial charge in [0, 0.05) is 18.8 Å². The van der Waals surface area contributed by atoms with Crippen LogP contribution in [-0.4, -0.2) is 37.6 Å². The van der Waals surface area contributed by atoms with E-state index in [0.29, 0.717) is 13.1 Å². The van der Waals surface area contributed by atoms with E-state index in [1.807, 2.05) is 0 Å². The topological polar surface area (TPSA) is 80.5 Å². The Balaban J connectivity index is 3.22. The molecule has 112 valence electrons. The van der Waals surface area contributed by atoms with Crippen LogP contribution in [0.2, 0.25) is 5.02 Å². The molecule has 0 bridgehead atoms. The third-order valence-electron chi connectivity index (χ3n) is 3.15. The summed E-state index contributed by atoms with van der Waals surface area (Å²) in [6.07, 6.45) is 0. The van der Waals surface area contributed by atoms with Gasteiger partial charge in [0.15, 0.2) is 9.84 Å². The van der Waals surface area contributed by atoms with Crippen molar-refractivity contribution < 1.29 is 13.2 Å². The predicted octanol–water partition coefficient (Wildman–Crippen LogP) is 1.95. The predicted molar refractivity (Wildman–Crippen MR) is 80.4 cm³/mol. The minimum Gasteiger partial charge on any atom is -0.399 e. The van der Waals surface area contributed by atoms with E-state index in [4.69, 9.17) is 17.3 Å². The number of rotatable bonds is 5. The summed E-state index contributed by atoms with van der Waals surface area (Å²) in [6, 6.07) is 4.21. The van der Waals surface area contributed by atoms with E-state index >= 15 is 0 Å². The number of amides is 1. The zero-order valence-electron chi connectivity index (χ0n) is 11.8. The fraction of sp³-hybridized carbons (Fsp3) is 0.462. The van der Waals surface area contributed by atoms with Gasteiger partial charge in [-0.05, 0) is 39.0 Å². The van der Waals surface area contributed by atoms with Crippen molar-refractivity contribution in [2.45, 2.75) is 30.9 Å². The summed E-state index contributed by atoms with van der Waals surface area (Å²) < 4.78 is 25.0. The molecule has 0 aliphatic rings. The molecule has 0 aromatic heterocycles. The number of carbonyl (C=O) groups is 1. The van der Waals surface area contributed by atoms with Gasteiger partial charge in [0.25, 0.3) is 0 Å². The summed E-state index contributed by atoms with van der Waals surface area (Å²) in [6.45, 7) is 5.89. The van der Waals surface area contributed by atoms with Crippen LogP contribution in [0, 0.1) is 0 Å². The Morgan fingerprint density at radius 1 is 1.35 bits per heavy atom. The molecule has 0 fully saturated rings. The SMILES string of the molecule is CCN(CC)C(=O)C(C)S(=O)(=O)c1cc(N)ccc1Cl. The number of nitrogens with two attached hydrogens (primary N) is 1. The summed E-state index contributed by atoms with van der Waals surface area (Å²) in [5.74, 6) is -0.437. The Kier molecular flexibility index (Phi) is 5.42. The minimum absolute atomic E-state index is 0.0680. The number of sulfone groups is 1. The van der Waals surface area contributed by atoms with E-state index in [-0.39, 0.29) is 15.6 Å². The lowest BCUT2D eigenvalue weighted by atomic mass is 10.3. The van der Waals surface area contributed by atoms with Gasteiger partial charge in [-0.25, -0.2) is 8.42 Å². The molecule has 1 rings (SSSR count). The van der Waals surface area contributed by atoms with Gasteiger partial charge in [0.05, 0.1) is 9.92 Å². The van der Waals surface area contributed by atoms with Gasteiger partial charge in [-0.15, -0.1) is 0 Å². The number of nitrogen functional groups attached to an aromatic ring is 1. The van der Waals surface area contributed by atoms with Crippen LogP contribution < -0.4 is 5.73 Å². The summed E-state index contributed by atoms with van der Waals surface area (Å²) in [7, 11) is -3.86. The van der Waals surface area contributed by atoms with Crippen molar-refractivity contribution in [1.29, 1.82) is 0 Å². The molecule has 1 aromatic carbocycles. The average Bonchev–Trinajstić information content (AvgIpc) is 2.41. The first-order chi connectivity index (χ1) is 9.25. The number of carbonyl (C=O) groups excluding carboxylic acids is 1. The van der Waals surface area contributed by atoms with Crippen LogP contribution in [0.25, 0.3) is 0 Å². The highest BCUT2D eigenvalue weighted by Crippen LogP contribution is 2.27. The smallest absolute Gasteiger partial charge is 0.240 e. The average molecular weight is 319 g/mol. The van der Waals surface area contributed by atoms with Crippen LogP contribution >= 0.6 is 11.6 Å². The lowest BCUT2D eigenvalue weighted by Crippen LogP contribution is -2.41. The molecule has 1 aromatic rings. The Morgan fingerprint density at radius 2 is 1.90 bits per heavy atom. The van der Waals surface area contributed by atoms with Crippen molar-refractivity contribution in [1.82, 2.24) is 4.90 Å². The maximum Gasteiger partial charge on any atom is 0.240 e. The van der Waals surface area contributed by atoms with Crippen LogP contribution in [0.5, 0.6) is 0 Å². The second kappa shape index (κ2) is 6.45. The Hall–Kier alpha value is -1.27. The molecule has 1 unspecified atom stereocenters. The first-order valence-corrected chi connectivity index (χ1v) is 8.25. The molecular formula is C13H19ClN2O3S. The standard InChI is InChI=1S/C13H19ClN2O3S/c1-4-16(5-2)13(17)9(3)20(18,19)12-8-10(15)6-7-11(12)14/h6-9H,4-5,15H2,1-3H3. The third kappa shape index (κ3) is 3.24.